The van der Waals surface area contributed by atoms with Crippen molar-refractivity contribution < 1.29 is 31.1 Å². The number of anilines is 1. The van der Waals surface area contributed by atoms with Crippen LogP contribution in [0, 0.1) is 0 Å². The third-order valence-electron chi connectivity index (χ3n) is 3.32. The molecule has 0 aliphatic carbocycles. The van der Waals surface area contributed by atoms with Gasteiger partial charge in [-0.15, -0.1) is 0 Å². The number of para-hydroxylation sites is 2. The van der Waals surface area contributed by atoms with E-state index < -0.39 is 34.3 Å². The first kappa shape index (κ1) is 21.0. The van der Waals surface area contributed by atoms with Gasteiger partial charge in [0.1, 0.15) is 5.75 Å². The quantitative estimate of drug-likeness (QED) is 0.731. The second kappa shape index (κ2) is 8.62. The second-order valence-electron chi connectivity index (χ2n) is 5.47. The Labute approximate surface area is 159 Å². The molecule has 0 heterocycles. The number of hydrogen-bond acceptors (Lipinski definition) is 4. The van der Waals surface area contributed by atoms with Crippen molar-refractivity contribution in [1.82, 2.24) is 0 Å². The monoisotopic (exact) mass is 421 g/mol. The molecule has 0 radical (unpaired) electrons. The summed E-state index contributed by atoms with van der Waals surface area (Å²) in [6.07, 6.45) is -4.90. The van der Waals surface area contributed by atoms with Crippen LogP contribution in [0.3, 0.4) is 0 Å². The lowest BCUT2D eigenvalue weighted by atomic mass is 10.3. The van der Waals surface area contributed by atoms with Crippen LogP contribution in [0.25, 0.3) is 0 Å². The molecular formula is C17H15ClF3NO4S. The maximum atomic E-state index is 12.3. The fourth-order valence-corrected chi connectivity index (χ4v) is 3.42. The van der Waals surface area contributed by atoms with Gasteiger partial charge < -0.3 is 10.1 Å². The Hall–Kier alpha value is -2.26. The van der Waals surface area contributed by atoms with Crippen molar-refractivity contribution in [2.24, 2.45) is 0 Å². The molecule has 0 spiro atoms. The van der Waals surface area contributed by atoms with Crippen molar-refractivity contribution in [1.29, 1.82) is 0 Å². The average molecular weight is 422 g/mol. The number of carbonyl (C=O) groups excluding carboxylic acids is 1. The number of hydrogen-bond donors (Lipinski definition) is 1. The zero-order valence-electron chi connectivity index (χ0n) is 13.8. The van der Waals surface area contributed by atoms with Gasteiger partial charge in [0, 0.05) is 11.4 Å². The lowest BCUT2D eigenvalue weighted by molar-refractivity contribution is -0.153. The third kappa shape index (κ3) is 6.76. The summed E-state index contributed by atoms with van der Waals surface area (Å²) < 4.78 is 65.9. The minimum Gasteiger partial charge on any atom is -0.482 e. The fraction of sp³-hybridized carbons (Fsp3) is 0.235. The first-order valence-corrected chi connectivity index (χ1v) is 9.67. The molecule has 27 heavy (non-hydrogen) atoms. The number of ether oxygens (including phenoxy) is 1. The van der Waals surface area contributed by atoms with E-state index >= 15 is 0 Å². The zero-order valence-corrected chi connectivity index (χ0v) is 15.4. The number of benzene rings is 2. The first-order chi connectivity index (χ1) is 12.6. The fourth-order valence-electron chi connectivity index (χ4n) is 2.05. The minimum atomic E-state index is -4.52. The number of amides is 1. The Kier molecular flexibility index (Phi) is 6.72. The summed E-state index contributed by atoms with van der Waals surface area (Å²) in [7, 11) is -3.70. The minimum absolute atomic E-state index is 0.0219. The number of halogens is 4. The predicted molar refractivity (Wildman–Crippen MR) is 94.7 cm³/mol. The normalized spacial score (nSPS) is 11.9. The Morgan fingerprint density at radius 1 is 1.07 bits per heavy atom. The summed E-state index contributed by atoms with van der Waals surface area (Å²) >= 11 is 5.71. The summed E-state index contributed by atoms with van der Waals surface area (Å²) in [5.41, 5.74) is 0.0237. The van der Waals surface area contributed by atoms with Gasteiger partial charge in [-0.25, -0.2) is 8.42 Å². The molecule has 1 amide bonds. The van der Waals surface area contributed by atoms with E-state index in [4.69, 9.17) is 11.6 Å². The van der Waals surface area contributed by atoms with Crippen LogP contribution in [-0.4, -0.2) is 32.9 Å². The van der Waals surface area contributed by atoms with Gasteiger partial charge in [-0.3, -0.25) is 4.79 Å². The van der Waals surface area contributed by atoms with Crippen molar-refractivity contribution in [2.45, 2.75) is 17.5 Å². The van der Waals surface area contributed by atoms with E-state index in [1.54, 1.807) is 0 Å². The molecule has 0 saturated carbocycles. The molecule has 2 aromatic carbocycles. The van der Waals surface area contributed by atoms with Crippen LogP contribution in [0.15, 0.2) is 53.4 Å². The smallest absolute Gasteiger partial charge is 0.422 e. The van der Waals surface area contributed by atoms with Crippen LogP contribution < -0.4 is 10.1 Å². The molecule has 0 aliphatic rings. The van der Waals surface area contributed by atoms with Crippen molar-refractivity contribution in [3.05, 3.63) is 53.6 Å². The lowest BCUT2D eigenvalue weighted by Gasteiger charge is -2.13. The Balaban J connectivity index is 1.99. The summed E-state index contributed by atoms with van der Waals surface area (Å²) in [6.45, 7) is -1.51. The molecule has 0 bridgehead atoms. The molecular weight excluding hydrogens is 407 g/mol. The standard InChI is InChI=1S/C17H15ClF3NO4S/c18-12-5-7-13(8-6-12)27(24,25)10-9-16(23)22-14-3-1-2-4-15(14)26-11-17(19,20)21/h1-8H,9-11H2,(H,22,23). The van der Waals surface area contributed by atoms with Crippen LogP contribution in [0.5, 0.6) is 5.75 Å². The number of rotatable bonds is 7. The van der Waals surface area contributed by atoms with E-state index in [1.807, 2.05) is 0 Å². The van der Waals surface area contributed by atoms with E-state index in [0.29, 0.717) is 5.02 Å². The van der Waals surface area contributed by atoms with Gasteiger partial charge in [0.25, 0.3) is 0 Å². The van der Waals surface area contributed by atoms with Gasteiger partial charge >= 0.3 is 6.18 Å². The summed E-state index contributed by atoms with van der Waals surface area (Å²) in [5, 5.41) is 2.74. The maximum Gasteiger partial charge on any atom is 0.422 e. The van der Waals surface area contributed by atoms with Crippen LogP contribution in [0.1, 0.15) is 6.42 Å². The summed E-state index contributed by atoms with van der Waals surface area (Å²) in [4.78, 5) is 12.0. The molecule has 146 valence electrons. The maximum absolute atomic E-state index is 12.3. The molecule has 2 aromatic rings. The Morgan fingerprint density at radius 2 is 1.70 bits per heavy atom. The SMILES string of the molecule is O=C(CCS(=O)(=O)c1ccc(Cl)cc1)Nc1ccccc1OCC(F)(F)F. The summed E-state index contributed by atoms with van der Waals surface area (Å²) in [5.74, 6) is -1.30. The van der Waals surface area contributed by atoms with Crippen LogP contribution in [-0.2, 0) is 14.6 Å². The highest BCUT2D eigenvalue weighted by Gasteiger charge is 2.29. The van der Waals surface area contributed by atoms with Crippen LogP contribution >= 0.6 is 11.6 Å². The van der Waals surface area contributed by atoms with Gasteiger partial charge in [0.05, 0.1) is 16.3 Å². The van der Waals surface area contributed by atoms with E-state index in [-0.39, 0.29) is 22.8 Å². The van der Waals surface area contributed by atoms with Crippen LogP contribution in [0.2, 0.25) is 5.02 Å². The molecule has 0 unspecified atom stereocenters. The first-order valence-electron chi connectivity index (χ1n) is 7.63. The van der Waals surface area contributed by atoms with E-state index in [0.717, 1.165) is 0 Å². The largest absolute Gasteiger partial charge is 0.482 e. The second-order valence-corrected chi connectivity index (χ2v) is 8.02. The molecule has 5 nitrogen and oxygen atoms in total. The lowest BCUT2D eigenvalue weighted by Crippen LogP contribution is -2.21. The number of nitrogens with one attached hydrogen (secondary N) is 1. The average Bonchev–Trinajstić information content (AvgIpc) is 2.59. The number of carbonyl (C=O) groups is 1. The molecule has 0 atom stereocenters. The van der Waals surface area contributed by atoms with Gasteiger partial charge in [-0.2, -0.15) is 13.2 Å². The number of alkyl halides is 3. The Morgan fingerprint density at radius 3 is 2.33 bits per heavy atom. The van der Waals surface area contributed by atoms with Gasteiger partial charge in [0.2, 0.25) is 5.91 Å². The molecule has 0 aliphatic heterocycles. The summed E-state index contributed by atoms with van der Waals surface area (Å²) in [6, 6.07) is 11.1. The highest BCUT2D eigenvalue weighted by atomic mass is 35.5. The van der Waals surface area contributed by atoms with E-state index in [2.05, 4.69) is 10.1 Å². The zero-order chi connectivity index (χ0) is 20.1. The third-order valence-corrected chi connectivity index (χ3v) is 5.31. The van der Waals surface area contributed by atoms with Crippen LogP contribution in [0.4, 0.5) is 18.9 Å². The molecule has 1 N–H and O–H groups in total. The van der Waals surface area contributed by atoms with Crippen molar-refractivity contribution >= 4 is 33.0 Å². The van der Waals surface area contributed by atoms with E-state index in [9.17, 15) is 26.4 Å². The molecule has 0 aromatic heterocycles. The van der Waals surface area contributed by atoms with Gasteiger partial charge in [-0.1, -0.05) is 23.7 Å². The molecule has 0 fully saturated rings. The van der Waals surface area contributed by atoms with E-state index in [1.165, 1.54) is 48.5 Å². The topological polar surface area (TPSA) is 72.5 Å². The van der Waals surface area contributed by atoms with Crippen molar-refractivity contribution in [3.8, 4) is 5.75 Å². The number of sulfone groups is 1. The highest BCUT2D eigenvalue weighted by molar-refractivity contribution is 7.91. The molecule has 2 rings (SSSR count). The highest BCUT2D eigenvalue weighted by Crippen LogP contribution is 2.26. The Bertz CT molecular complexity index is 899. The van der Waals surface area contributed by atoms with Crippen molar-refractivity contribution in [2.75, 3.05) is 17.7 Å². The van der Waals surface area contributed by atoms with Gasteiger partial charge in [-0.05, 0) is 36.4 Å². The molecule has 10 heteroatoms. The molecule has 0 saturated heterocycles. The predicted octanol–water partition coefficient (Wildman–Crippen LogP) is 4.08. The van der Waals surface area contributed by atoms with Gasteiger partial charge in [0.15, 0.2) is 16.4 Å². The van der Waals surface area contributed by atoms with Crippen molar-refractivity contribution in [3.63, 3.8) is 0 Å².